The minimum Gasteiger partial charge on any atom is -0.489 e. The molecule has 1 fully saturated rings. The van der Waals surface area contributed by atoms with Crippen molar-refractivity contribution < 1.29 is 9.53 Å². The van der Waals surface area contributed by atoms with Crippen LogP contribution in [0.1, 0.15) is 39.9 Å². The zero-order chi connectivity index (χ0) is 20.8. The van der Waals surface area contributed by atoms with Gasteiger partial charge in [-0.05, 0) is 55.2 Å². The molecular weight excluding hydrogens is 374 g/mol. The summed E-state index contributed by atoms with van der Waals surface area (Å²) in [6, 6.07) is 19.6. The van der Waals surface area contributed by atoms with Crippen molar-refractivity contribution in [3.8, 4) is 5.75 Å². The van der Waals surface area contributed by atoms with E-state index in [9.17, 15) is 4.79 Å². The first kappa shape index (κ1) is 20.0. The van der Waals surface area contributed by atoms with E-state index in [-0.39, 0.29) is 5.91 Å². The lowest BCUT2D eigenvalue weighted by Gasteiger charge is -2.16. The summed E-state index contributed by atoms with van der Waals surface area (Å²) < 4.78 is 5.87. The highest BCUT2D eigenvalue weighted by molar-refractivity contribution is 5.94. The molecule has 0 saturated carbocycles. The number of rotatable bonds is 7. The number of anilines is 1. The number of amides is 1. The summed E-state index contributed by atoms with van der Waals surface area (Å²) in [5.41, 5.74) is 3.87. The van der Waals surface area contributed by atoms with Gasteiger partial charge in [0, 0.05) is 31.4 Å². The van der Waals surface area contributed by atoms with Crippen molar-refractivity contribution in [2.24, 2.45) is 0 Å². The van der Waals surface area contributed by atoms with Gasteiger partial charge in [-0.2, -0.15) is 0 Å². The van der Waals surface area contributed by atoms with Crippen LogP contribution in [0.4, 0.5) is 5.82 Å². The van der Waals surface area contributed by atoms with Gasteiger partial charge in [-0.1, -0.05) is 42.0 Å². The molecule has 154 valence electrons. The third-order valence-corrected chi connectivity index (χ3v) is 5.28. The third kappa shape index (κ3) is 5.17. The average molecular weight is 402 g/mol. The van der Waals surface area contributed by atoms with Crippen molar-refractivity contribution in [3.05, 3.63) is 89.1 Å². The van der Waals surface area contributed by atoms with Crippen LogP contribution in [0.15, 0.2) is 66.9 Å². The minimum absolute atomic E-state index is 0.125. The molecule has 5 nitrogen and oxygen atoms in total. The van der Waals surface area contributed by atoms with E-state index < -0.39 is 0 Å². The predicted octanol–water partition coefficient (Wildman–Crippen LogP) is 4.50. The Bertz CT molecular complexity index is 995. The van der Waals surface area contributed by atoms with Gasteiger partial charge < -0.3 is 15.0 Å². The third-order valence-electron chi connectivity index (χ3n) is 5.28. The maximum absolute atomic E-state index is 12.6. The minimum atomic E-state index is -0.125. The van der Waals surface area contributed by atoms with Gasteiger partial charge in [0.1, 0.15) is 18.2 Å². The highest BCUT2D eigenvalue weighted by atomic mass is 16.5. The fourth-order valence-corrected chi connectivity index (χ4v) is 3.63. The van der Waals surface area contributed by atoms with Crippen LogP contribution in [0.25, 0.3) is 0 Å². The summed E-state index contributed by atoms with van der Waals surface area (Å²) in [6.45, 7) is 5.13. The highest BCUT2D eigenvalue weighted by Gasteiger charge is 2.13. The van der Waals surface area contributed by atoms with Crippen molar-refractivity contribution in [3.63, 3.8) is 0 Å². The zero-order valence-corrected chi connectivity index (χ0v) is 17.3. The molecule has 1 aliphatic heterocycles. The van der Waals surface area contributed by atoms with Crippen LogP contribution in [0, 0.1) is 6.92 Å². The molecule has 1 amide bonds. The van der Waals surface area contributed by atoms with Gasteiger partial charge in [0.25, 0.3) is 5.91 Å². The van der Waals surface area contributed by atoms with Crippen molar-refractivity contribution in [2.45, 2.75) is 32.9 Å². The number of aromatic nitrogens is 1. The molecule has 1 saturated heterocycles. The molecule has 1 N–H and O–H groups in total. The maximum Gasteiger partial charge on any atom is 0.251 e. The summed E-state index contributed by atoms with van der Waals surface area (Å²) in [7, 11) is 0. The molecule has 3 aromatic rings. The quantitative estimate of drug-likeness (QED) is 0.633. The van der Waals surface area contributed by atoms with Crippen LogP contribution in [-0.2, 0) is 13.2 Å². The fraction of sp³-hybridized carbons (Fsp3) is 0.280. The van der Waals surface area contributed by atoms with E-state index in [1.54, 1.807) is 12.1 Å². The molecule has 0 unspecified atom stereocenters. The number of benzene rings is 2. The molecule has 0 bridgehead atoms. The van der Waals surface area contributed by atoms with Crippen LogP contribution in [0.5, 0.6) is 5.75 Å². The first-order valence-electron chi connectivity index (χ1n) is 10.4. The lowest BCUT2D eigenvalue weighted by molar-refractivity contribution is 0.0950. The largest absolute Gasteiger partial charge is 0.489 e. The Labute approximate surface area is 177 Å². The number of hydrogen-bond acceptors (Lipinski definition) is 4. The molecule has 1 aromatic heterocycles. The van der Waals surface area contributed by atoms with Crippen LogP contribution in [0.3, 0.4) is 0 Å². The monoisotopic (exact) mass is 401 g/mol. The topological polar surface area (TPSA) is 54.5 Å². The Balaban J connectivity index is 1.31. The lowest BCUT2D eigenvalue weighted by Crippen LogP contribution is -2.23. The molecule has 0 spiro atoms. The Morgan fingerprint density at radius 2 is 1.87 bits per heavy atom. The Morgan fingerprint density at radius 3 is 2.63 bits per heavy atom. The van der Waals surface area contributed by atoms with Gasteiger partial charge >= 0.3 is 0 Å². The molecule has 0 radical (unpaired) electrons. The number of aryl methyl sites for hydroxylation is 1. The first-order valence-corrected chi connectivity index (χ1v) is 10.4. The Kier molecular flexibility index (Phi) is 6.28. The second-order valence-electron chi connectivity index (χ2n) is 7.71. The van der Waals surface area contributed by atoms with E-state index in [2.05, 4.69) is 34.3 Å². The van der Waals surface area contributed by atoms with Crippen molar-refractivity contribution in [1.82, 2.24) is 10.3 Å². The summed E-state index contributed by atoms with van der Waals surface area (Å²) in [5.74, 6) is 1.57. The van der Waals surface area contributed by atoms with E-state index in [0.717, 1.165) is 30.0 Å². The van der Waals surface area contributed by atoms with Crippen molar-refractivity contribution in [1.29, 1.82) is 0 Å². The van der Waals surface area contributed by atoms with Gasteiger partial charge in [0.15, 0.2) is 0 Å². The summed E-state index contributed by atoms with van der Waals surface area (Å²) in [4.78, 5) is 19.4. The number of carbonyl (C=O) groups excluding carboxylic acids is 1. The second-order valence-corrected chi connectivity index (χ2v) is 7.71. The molecule has 0 aliphatic carbocycles. The molecule has 2 heterocycles. The smallest absolute Gasteiger partial charge is 0.251 e. The number of nitrogens with zero attached hydrogens (tertiary/aromatic N) is 2. The van der Waals surface area contributed by atoms with Gasteiger partial charge in [-0.3, -0.25) is 4.79 Å². The van der Waals surface area contributed by atoms with Crippen LogP contribution >= 0.6 is 0 Å². The number of ether oxygens (including phenoxy) is 1. The number of carbonyl (C=O) groups is 1. The van der Waals surface area contributed by atoms with Crippen LogP contribution < -0.4 is 15.0 Å². The lowest BCUT2D eigenvalue weighted by atomic mass is 10.1. The number of hydrogen-bond donors (Lipinski definition) is 1. The molecule has 4 rings (SSSR count). The van der Waals surface area contributed by atoms with Gasteiger partial charge in [0.2, 0.25) is 0 Å². The van der Waals surface area contributed by atoms with Crippen LogP contribution in [-0.4, -0.2) is 24.0 Å². The van der Waals surface area contributed by atoms with Gasteiger partial charge in [-0.15, -0.1) is 0 Å². The normalized spacial score (nSPS) is 13.3. The maximum atomic E-state index is 12.6. The predicted molar refractivity (Wildman–Crippen MR) is 119 cm³/mol. The van der Waals surface area contributed by atoms with E-state index in [1.165, 1.54) is 18.4 Å². The Morgan fingerprint density at radius 1 is 1.03 bits per heavy atom. The number of pyridine rings is 1. The Hall–Kier alpha value is -3.34. The molecule has 0 atom stereocenters. The van der Waals surface area contributed by atoms with E-state index >= 15 is 0 Å². The fourth-order valence-electron chi connectivity index (χ4n) is 3.63. The second kappa shape index (κ2) is 9.44. The van der Waals surface area contributed by atoms with Crippen LogP contribution in [0.2, 0.25) is 0 Å². The first-order chi connectivity index (χ1) is 14.7. The molecular formula is C25H27N3O2. The molecule has 2 aromatic carbocycles. The highest BCUT2D eigenvalue weighted by Crippen LogP contribution is 2.18. The zero-order valence-electron chi connectivity index (χ0n) is 17.3. The SMILES string of the molecule is Cc1cccc(COc2cccc(C(=O)NCc3ccc(N4CCCC4)nc3)c2)c1. The van der Waals surface area contributed by atoms with Gasteiger partial charge in [-0.25, -0.2) is 4.98 Å². The van der Waals surface area contributed by atoms with E-state index in [4.69, 9.17) is 4.74 Å². The standard InChI is InChI=1S/C25H27N3O2/c1-19-6-4-7-20(14-19)18-30-23-9-5-8-22(15-23)25(29)27-17-21-10-11-24(26-16-21)28-12-2-3-13-28/h4-11,14-16H,2-3,12-13,17-18H2,1H3,(H,27,29). The van der Waals surface area contributed by atoms with Crippen molar-refractivity contribution >= 4 is 11.7 Å². The van der Waals surface area contributed by atoms with Gasteiger partial charge in [0.05, 0.1) is 0 Å². The summed E-state index contributed by atoms with van der Waals surface area (Å²) in [5, 5.41) is 2.96. The number of nitrogens with one attached hydrogen (secondary N) is 1. The van der Waals surface area contributed by atoms with Crippen molar-refractivity contribution in [2.75, 3.05) is 18.0 Å². The molecule has 5 heteroatoms. The average Bonchev–Trinajstić information content (AvgIpc) is 3.32. The summed E-state index contributed by atoms with van der Waals surface area (Å²) >= 11 is 0. The molecule has 30 heavy (non-hydrogen) atoms. The summed E-state index contributed by atoms with van der Waals surface area (Å²) in [6.07, 6.45) is 4.30. The van der Waals surface area contributed by atoms with E-state index in [1.807, 2.05) is 42.6 Å². The van der Waals surface area contributed by atoms with E-state index in [0.29, 0.717) is 24.5 Å². The molecule has 1 aliphatic rings.